The highest BCUT2D eigenvalue weighted by Gasteiger charge is 2.17. The van der Waals surface area contributed by atoms with Crippen molar-refractivity contribution in [3.8, 4) is 0 Å². The molecule has 5 nitrogen and oxygen atoms in total. The summed E-state index contributed by atoms with van der Waals surface area (Å²) in [6, 6.07) is 0. The summed E-state index contributed by atoms with van der Waals surface area (Å²) < 4.78 is 4.96. The third kappa shape index (κ3) is 4.70. The molecular formula is C12H21N3O2S. The largest absolute Gasteiger partial charge is 0.377 e. The van der Waals surface area contributed by atoms with Crippen LogP contribution >= 0.6 is 11.3 Å². The molecule has 18 heavy (non-hydrogen) atoms. The van der Waals surface area contributed by atoms with Crippen molar-refractivity contribution in [1.29, 1.82) is 0 Å². The Kier molecular flexibility index (Phi) is 6.82. The molecule has 0 aliphatic rings. The summed E-state index contributed by atoms with van der Waals surface area (Å²) in [5.74, 6) is 0.116. The van der Waals surface area contributed by atoms with Crippen LogP contribution in [0.2, 0.25) is 0 Å². The first-order chi connectivity index (χ1) is 8.71. The van der Waals surface area contributed by atoms with Crippen LogP contribution in [0.15, 0.2) is 0 Å². The van der Waals surface area contributed by atoms with Crippen molar-refractivity contribution in [2.45, 2.75) is 46.1 Å². The number of aromatic nitrogens is 2. The van der Waals surface area contributed by atoms with E-state index in [0.29, 0.717) is 11.7 Å². The lowest BCUT2D eigenvalue weighted by molar-refractivity contribution is -0.120. The number of ether oxygens (including phenoxy) is 1. The fourth-order valence-corrected chi connectivity index (χ4v) is 2.38. The van der Waals surface area contributed by atoms with E-state index in [1.54, 1.807) is 7.11 Å². The van der Waals surface area contributed by atoms with Gasteiger partial charge >= 0.3 is 0 Å². The highest BCUT2D eigenvalue weighted by Crippen LogP contribution is 2.19. The molecule has 6 heteroatoms. The first-order valence-electron chi connectivity index (χ1n) is 6.33. The van der Waals surface area contributed by atoms with Crippen molar-refractivity contribution in [2.24, 2.45) is 5.92 Å². The van der Waals surface area contributed by atoms with Gasteiger partial charge in [-0.1, -0.05) is 38.0 Å². The van der Waals surface area contributed by atoms with Gasteiger partial charge in [0.15, 0.2) is 0 Å². The number of carbonyl (C=O) groups is 1. The van der Waals surface area contributed by atoms with Gasteiger partial charge in [0, 0.05) is 13.0 Å². The lowest BCUT2D eigenvalue weighted by atomic mass is 9.99. The van der Waals surface area contributed by atoms with Gasteiger partial charge in [-0.05, 0) is 12.8 Å². The average Bonchev–Trinajstić information content (AvgIpc) is 2.78. The van der Waals surface area contributed by atoms with Crippen molar-refractivity contribution < 1.29 is 9.53 Å². The molecule has 0 bridgehead atoms. The van der Waals surface area contributed by atoms with Crippen LogP contribution in [0.1, 0.15) is 44.5 Å². The lowest BCUT2D eigenvalue weighted by Gasteiger charge is -2.12. The molecule has 1 heterocycles. The van der Waals surface area contributed by atoms with Gasteiger partial charge in [-0.2, -0.15) is 0 Å². The number of unbranched alkanes of at least 4 members (excludes halogenated alkanes) is 1. The van der Waals surface area contributed by atoms with E-state index in [1.807, 2.05) is 6.92 Å². The SMILES string of the molecule is CCCCC(CC)C(=O)Nc1nnc(COC)s1. The maximum Gasteiger partial charge on any atom is 0.229 e. The molecule has 0 aliphatic heterocycles. The van der Waals surface area contributed by atoms with Crippen LogP contribution in [0.5, 0.6) is 0 Å². The number of rotatable bonds is 8. The summed E-state index contributed by atoms with van der Waals surface area (Å²) in [6.07, 6.45) is 3.98. The number of nitrogens with zero attached hydrogens (tertiary/aromatic N) is 2. The summed E-state index contributed by atoms with van der Waals surface area (Å²) >= 11 is 1.36. The molecule has 102 valence electrons. The van der Waals surface area contributed by atoms with Crippen molar-refractivity contribution in [1.82, 2.24) is 10.2 Å². The van der Waals surface area contributed by atoms with Crippen molar-refractivity contribution in [3.63, 3.8) is 0 Å². The second kappa shape index (κ2) is 8.16. The van der Waals surface area contributed by atoms with Gasteiger partial charge in [-0.15, -0.1) is 10.2 Å². The number of nitrogens with one attached hydrogen (secondary N) is 1. The Bertz CT molecular complexity index is 368. The van der Waals surface area contributed by atoms with Gasteiger partial charge in [0.1, 0.15) is 11.6 Å². The lowest BCUT2D eigenvalue weighted by Crippen LogP contribution is -2.22. The molecule has 0 saturated carbocycles. The zero-order valence-corrected chi connectivity index (χ0v) is 12.0. The molecule has 1 N–H and O–H groups in total. The Morgan fingerprint density at radius 3 is 2.83 bits per heavy atom. The molecule has 1 amide bonds. The molecule has 1 atom stereocenters. The fourth-order valence-electron chi connectivity index (χ4n) is 1.66. The smallest absolute Gasteiger partial charge is 0.229 e. The molecule has 1 aromatic rings. The second-order valence-electron chi connectivity index (χ2n) is 4.17. The molecule has 0 aliphatic carbocycles. The van der Waals surface area contributed by atoms with Crippen LogP contribution in [0.4, 0.5) is 5.13 Å². The summed E-state index contributed by atoms with van der Waals surface area (Å²) in [4.78, 5) is 12.0. The minimum atomic E-state index is 0.0473. The van der Waals surface area contributed by atoms with Crippen molar-refractivity contribution in [3.05, 3.63) is 5.01 Å². The van der Waals surface area contributed by atoms with Crippen LogP contribution < -0.4 is 5.32 Å². The number of amides is 1. The molecule has 1 aromatic heterocycles. The number of methoxy groups -OCH3 is 1. The monoisotopic (exact) mass is 271 g/mol. The van der Waals surface area contributed by atoms with E-state index in [0.717, 1.165) is 30.7 Å². The zero-order valence-electron chi connectivity index (χ0n) is 11.2. The van der Waals surface area contributed by atoms with E-state index in [2.05, 4.69) is 22.4 Å². The Morgan fingerprint density at radius 2 is 2.22 bits per heavy atom. The summed E-state index contributed by atoms with van der Waals surface area (Å²) in [7, 11) is 1.61. The Balaban J connectivity index is 2.50. The van der Waals surface area contributed by atoms with Gasteiger partial charge < -0.3 is 10.1 Å². The normalized spacial score (nSPS) is 12.4. The Hall–Kier alpha value is -1.01. The molecule has 0 spiro atoms. The van der Waals surface area contributed by atoms with Gasteiger partial charge in [-0.3, -0.25) is 4.79 Å². The van der Waals surface area contributed by atoms with Crippen LogP contribution in [-0.4, -0.2) is 23.2 Å². The minimum absolute atomic E-state index is 0.0473. The Labute approximate surface area is 112 Å². The summed E-state index contributed by atoms with van der Waals surface area (Å²) in [5, 5.41) is 12.0. The quantitative estimate of drug-likeness (QED) is 0.789. The molecule has 0 aromatic carbocycles. The van der Waals surface area contributed by atoms with Gasteiger partial charge in [0.25, 0.3) is 0 Å². The predicted molar refractivity (Wildman–Crippen MR) is 72.6 cm³/mol. The maximum absolute atomic E-state index is 12.0. The van der Waals surface area contributed by atoms with E-state index in [9.17, 15) is 4.79 Å². The van der Waals surface area contributed by atoms with Crippen LogP contribution in [0.3, 0.4) is 0 Å². The van der Waals surface area contributed by atoms with Crippen LogP contribution in [0.25, 0.3) is 0 Å². The Morgan fingerprint density at radius 1 is 1.44 bits per heavy atom. The number of carbonyl (C=O) groups excluding carboxylic acids is 1. The summed E-state index contributed by atoms with van der Waals surface area (Å²) in [5.41, 5.74) is 0. The average molecular weight is 271 g/mol. The third-order valence-electron chi connectivity index (χ3n) is 2.73. The van der Waals surface area contributed by atoms with Crippen molar-refractivity contribution >= 4 is 22.4 Å². The van der Waals surface area contributed by atoms with E-state index < -0.39 is 0 Å². The number of anilines is 1. The predicted octanol–water partition coefficient (Wildman–Crippen LogP) is 2.84. The third-order valence-corrected chi connectivity index (χ3v) is 3.55. The molecule has 0 fully saturated rings. The van der Waals surface area contributed by atoms with Crippen LogP contribution in [0, 0.1) is 5.92 Å². The number of hydrogen-bond donors (Lipinski definition) is 1. The molecule has 0 saturated heterocycles. The standard InChI is InChI=1S/C12H21N3O2S/c1-4-6-7-9(5-2)11(16)13-12-15-14-10(18-12)8-17-3/h9H,4-8H2,1-3H3,(H,13,15,16). The number of hydrogen-bond acceptors (Lipinski definition) is 5. The van der Waals surface area contributed by atoms with E-state index in [1.165, 1.54) is 11.3 Å². The van der Waals surface area contributed by atoms with Gasteiger partial charge in [0.2, 0.25) is 11.0 Å². The van der Waals surface area contributed by atoms with E-state index >= 15 is 0 Å². The van der Waals surface area contributed by atoms with Crippen LogP contribution in [-0.2, 0) is 16.1 Å². The highest BCUT2D eigenvalue weighted by molar-refractivity contribution is 7.15. The minimum Gasteiger partial charge on any atom is -0.377 e. The first-order valence-corrected chi connectivity index (χ1v) is 7.15. The molecule has 0 radical (unpaired) electrons. The summed E-state index contributed by atoms with van der Waals surface area (Å²) in [6.45, 7) is 4.60. The molecule has 1 rings (SSSR count). The first kappa shape index (κ1) is 15.0. The van der Waals surface area contributed by atoms with E-state index in [-0.39, 0.29) is 11.8 Å². The maximum atomic E-state index is 12.0. The molecular weight excluding hydrogens is 250 g/mol. The topological polar surface area (TPSA) is 64.1 Å². The fraction of sp³-hybridized carbons (Fsp3) is 0.750. The van der Waals surface area contributed by atoms with Gasteiger partial charge in [0.05, 0.1) is 0 Å². The van der Waals surface area contributed by atoms with E-state index in [4.69, 9.17) is 4.74 Å². The van der Waals surface area contributed by atoms with Crippen molar-refractivity contribution in [2.75, 3.05) is 12.4 Å². The second-order valence-corrected chi connectivity index (χ2v) is 5.23. The van der Waals surface area contributed by atoms with Gasteiger partial charge in [-0.25, -0.2) is 0 Å². The molecule has 1 unspecified atom stereocenters. The zero-order chi connectivity index (χ0) is 13.4. The highest BCUT2D eigenvalue weighted by atomic mass is 32.1.